The van der Waals surface area contributed by atoms with E-state index in [4.69, 9.17) is 16.7 Å². The standard InChI is InChI=1S/C12H9ClN2O2/c1-7-14-6-10(11(15-7)12(16)17)8-3-2-4-9(13)5-8/h2-6H,1H3,(H,16,17). The van der Waals surface area contributed by atoms with Crippen LogP contribution < -0.4 is 0 Å². The van der Waals surface area contributed by atoms with Crippen molar-refractivity contribution < 1.29 is 9.90 Å². The molecule has 86 valence electrons. The van der Waals surface area contributed by atoms with Crippen LogP contribution in [0.1, 0.15) is 16.3 Å². The quantitative estimate of drug-likeness (QED) is 0.888. The molecule has 0 aliphatic heterocycles. The van der Waals surface area contributed by atoms with E-state index in [-0.39, 0.29) is 5.69 Å². The number of halogens is 1. The Hall–Kier alpha value is -1.94. The fraction of sp³-hybridized carbons (Fsp3) is 0.0833. The third-order valence-corrected chi connectivity index (χ3v) is 2.48. The predicted molar refractivity (Wildman–Crippen MR) is 64.2 cm³/mol. The lowest BCUT2D eigenvalue weighted by molar-refractivity contribution is 0.0691. The monoisotopic (exact) mass is 248 g/mol. The van der Waals surface area contributed by atoms with Crippen molar-refractivity contribution >= 4 is 17.6 Å². The van der Waals surface area contributed by atoms with Gasteiger partial charge in [-0.15, -0.1) is 0 Å². The molecule has 1 heterocycles. The molecular weight excluding hydrogens is 240 g/mol. The van der Waals surface area contributed by atoms with Gasteiger partial charge in [0, 0.05) is 16.8 Å². The Bertz CT molecular complexity index is 584. The van der Waals surface area contributed by atoms with Gasteiger partial charge in [-0.2, -0.15) is 0 Å². The molecule has 0 saturated carbocycles. The van der Waals surface area contributed by atoms with Crippen molar-refractivity contribution in [2.45, 2.75) is 6.92 Å². The second kappa shape index (κ2) is 4.51. The number of rotatable bonds is 2. The molecule has 4 nitrogen and oxygen atoms in total. The molecule has 1 aromatic heterocycles. The lowest BCUT2D eigenvalue weighted by Crippen LogP contribution is -2.05. The molecule has 5 heteroatoms. The van der Waals surface area contributed by atoms with Gasteiger partial charge >= 0.3 is 5.97 Å². The molecule has 1 aromatic carbocycles. The SMILES string of the molecule is Cc1ncc(-c2cccc(Cl)c2)c(C(=O)O)n1. The van der Waals surface area contributed by atoms with Gasteiger partial charge in [0.1, 0.15) is 5.82 Å². The number of carbonyl (C=O) groups is 1. The molecule has 0 amide bonds. The van der Waals surface area contributed by atoms with Crippen molar-refractivity contribution in [1.82, 2.24) is 9.97 Å². The van der Waals surface area contributed by atoms with Gasteiger partial charge in [-0.1, -0.05) is 23.7 Å². The van der Waals surface area contributed by atoms with Gasteiger partial charge in [0.05, 0.1) is 0 Å². The minimum absolute atomic E-state index is 0.0141. The van der Waals surface area contributed by atoms with E-state index in [2.05, 4.69) is 9.97 Å². The number of hydrogen-bond donors (Lipinski definition) is 1. The molecule has 0 bridgehead atoms. The first-order chi connectivity index (χ1) is 8.08. The Morgan fingerprint density at radius 1 is 1.41 bits per heavy atom. The molecule has 2 rings (SSSR count). The first-order valence-corrected chi connectivity index (χ1v) is 5.28. The van der Waals surface area contributed by atoms with Crippen LogP contribution in [0.25, 0.3) is 11.1 Å². The number of aryl methyl sites for hydroxylation is 1. The van der Waals surface area contributed by atoms with Crippen molar-refractivity contribution in [2.24, 2.45) is 0 Å². The molecule has 17 heavy (non-hydrogen) atoms. The lowest BCUT2D eigenvalue weighted by Gasteiger charge is -2.06. The number of aromatic nitrogens is 2. The highest BCUT2D eigenvalue weighted by Gasteiger charge is 2.14. The van der Waals surface area contributed by atoms with Crippen LogP contribution in [0.4, 0.5) is 0 Å². The van der Waals surface area contributed by atoms with E-state index >= 15 is 0 Å². The van der Waals surface area contributed by atoms with Crippen LogP contribution in [0.2, 0.25) is 5.02 Å². The van der Waals surface area contributed by atoms with Crippen LogP contribution in [0, 0.1) is 6.92 Å². The maximum absolute atomic E-state index is 11.1. The number of benzene rings is 1. The number of hydrogen-bond acceptors (Lipinski definition) is 3. The summed E-state index contributed by atoms with van der Waals surface area (Å²) >= 11 is 5.87. The minimum atomic E-state index is -1.08. The zero-order valence-corrected chi connectivity index (χ0v) is 9.77. The maximum atomic E-state index is 11.1. The topological polar surface area (TPSA) is 63.1 Å². The van der Waals surface area contributed by atoms with E-state index in [9.17, 15) is 4.79 Å². The maximum Gasteiger partial charge on any atom is 0.355 e. The van der Waals surface area contributed by atoms with Crippen LogP contribution in [-0.2, 0) is 0 Å². The van der Waals surface area contributed by atoms with E-state index in [1.165, 1.54) is 6.20 Å². The van der Waals surface area contributed by atoms with Gasteiger partial charge < -0.3 is 5.11 Å². The van der Waals surface area contributed by atoms with Crippen LogP contribution in [0.3, 0.4) is 0 Å². The fourth-order valence-corrected chi connectivity index (χ4v) is 1.69. The fourth-order valence-electron chi connectivity index (χ4n) is 1.50. The summed E-state index contributed by atoms with van der Waals surface area (Å²) in [6.45, 7) is 1.65. The molecule has 1 N–H and O–H groups in total. The van der Waals surface area contributed by atoms with Gasteiger partial charge in [-0.3, -0.25) is 0 Å². The lowest BCUT2D eigenvalue weighted by atomic mass is 10.1. The van der Waals surface area contributed by atoms with Crippen molar-refractivity contribution in [3.63, 3.8) is 0 Å². The van der Waals surface area contributed by atoms with Gasteiger partial charge in [-0.25, -0.2) is 14.8 Å². The van der Waals surface area contributed by atoms with Gasteiger partial charge in [0.15, 0.2) is 5.69 Å². The summed E-state index contributed by atoms with van der Waals surface area (Å²) < 4.78 is 0. The normalized spacial score (nSPS) is 10.2. The van der Waals surface area contributed by atoms with Crippen molar-refractivity contribution in [3.8, 4) is 11.1 Å². The molecule has 0 radical (unpaired) electrons. The smallest absolute Gasteiger partial charge is 0.355 e. The first-order valence-electron chi connectivity index (χ1n) is 4.91. The number of nitrogens with zero attached hydrogens (tertiary/aromatic N) is 2. The predicted octanol–water partition coefficient (Wildman–Crippen LogP) is 2.80. The Labute approximate surface area is 103 Å². The Morgan fingerprint density at radius 2 is 2.18 bits per heavy atom. The summed E-state index contributed by atoms with van der Waals surface area (Å²) in [6.07, 6.45) is 1.50. The molecule has 0 fully saturated rings. The average Bonchev–Trinajstić information content (AvgIpc) is 2.28. The Balaban J connectivity index is 2.63. The molecule has 0 aliphatic carbocycles. The number of carboxylic acid groups (broad SMARTS) is 1. The molecular formula is C12H9ClN2O2. The van der Waals surface area contributed by atoms with E-state index < -0.39 is 5.97 Å². The second-order valence-electron chi connectivity index (χ2n) is 3.49. The van der Waals surface area contributed by atoms with E-state index in [1.807, 2.05) is 0 Å². The second-order valence-corrected chi connectivity index (χ2v) is 3.93. The third kappa shape index (κ3) is 2.42. The largest absolute Gasteiger partial charge is 0.476 e. The highest BCUT2D eigenvalue weighted by atomic mass is 35.5. The first kappa shape index (κ1) is 11.5. The summed E-state index contributed by atoms with van der Waals surface area (Å²) in [5.41, 5.74) is 1.14. The van der Waals surface area contributed by atoms with E-state index in [0.717, 1.165) is 0 Å². The molecule has 0 unspecified atom stereocenters. The van der Waals surface area contributed by atoms with Gasteiger partial charge in [0.2, 0.25) is 0 Å². The van der Waals surface area contributed by atoms with Crippen molar-refractivity contribution in [1.29, 1.82) is 0 Å². The molecule has 0 atom stereocenters. The zero-order chi connectivity index (χ0) is 12.4. The minimum Gasteiger partial charge on any atom is -0.476 e. The van der Waals surface area contributed by atoms with Crippen LogP contribution in [0.5, 0.6) is 0 Å². The molecule has 0 aliphatic rings. The third-order valence-electron chi connectivity index (χ3n) is 2.25. The van der Waals surface area contributed by atoms with Crippen molar-refractivity contribution in [3.05, 3.63) is 47.0 Å². The molecule has 0 spiro atoms. The Kier molecular flexibility index (Phi) is 3.06. The summed E-state index contributed by atoms with van der Waals surface area (Å²) in [7, 11) is 0. The van der Waals surface area contributed by atoms with Crippen LogP contribution in [-0.4, -0.2) is 21.0 Å². The molecule has 2 aromatic rings. The van der Waals surface area contributed by atoms with Gasteiger partial charge in [-0.05, 0) is 24.6 Å². The summed E-state index contributed by atoms with van der Waals surface area (Å²) in [5, 5.41) is 9.64. The summed E-state index contributed by atoms with van der Waals surface area (Å²) in [4.78, 5) is 19.0. The summed E-state index contributed by atoms with van der Waals surface area (Å²) in [6, 6.07) is 6.93. The van der Waals surface area contributed by atoms with Crippen LogP contribution in [0.15, 0.2) is 30.5 Å². The highest BCUT2D eigenvalue weighted by Crippen LogP contribution is 2.24. The van der Waals surface area contributed by atoms with Crippen LogP contribution >= 0.6 is 11.6 Å². The van der Waals surface area contributed by atoms with E-state index in [1.54, 1.807) is 31.2 Å². The Morgan fingerprint density at radius 3 is 2.82 bits per heavy atom. The highest BCUT2D eigenvalue weighted by molar-refractivity contribution is 6.30. The molecule has 0 saturated heterocycles. The number of aromatic carboxylic acids is 1. The number of carboxylic acids is 1. The van der Waals surface area contributed by atoms with Gasteiger partial charge in [0.25, 0.3) is 0 Å². The van der Waals surface area contributed by atoms with Crippen molar-refractivity contribution in [2.75, 3.05) is 0 Å². The average molecular weight is 249 g/mol. The summed E-state index contributed by atoms with van der Waals surface area (Å²) in [5.74, 6) is -0.654. The van der Waals surface area contributed by atoms with E-state index in [0.29, 0.717) is 22.0 Å². The zero-order valence-electron chi connectivity index (χ0n) is 9.01.